The minimum atomic E-state index is -0.675. The second-order valence-electron chi connectivity index (χ2n) is 8.13. The lowest BCUT2D eigenvalue weighted by molar-refractivity contribution is -0.146. The number of hydrogen-bond donors (Lipinski definition) is 1. The first-order valence-electron chi connectivity index (χ1n) is 11.4. The second kappa shape index (κ2) is 10.8. The number of benzene rings is 2. The van der Waals surface area contributed by atoms with Crippen molar-refractivity contribution in [2.75, 3.05) is 25.6 Å². The highest BCUT2D eigenvalue weighted by atomic mass is 35.5. The average Bonchev–Trinajstić information content (AvgIpc) is 2.85. The smallest absolute Gasteiger partial charge is 0.351 e. The molecule has 0 spiro atoms. The largest absolute Gasteiger partial charge is 0.465 e. The van der Waals surface area contributed by atoms with Gasteiger partial charge in [-0.05, 0) is 43.7 Å². The average molecular weight is 495 g/mol. The maximum Gasteiger partial charge on any atom is 0.351 e. The third-order valence-electron chi connectivity index (χ3n) is 5.89. The van der Waals surface area contributed by atoms with Crippen LogP contribution in [0.3, 0.4) is 0 Å². The van der Waals surface area contributed by atoms with Crippen LogP contribution in [0, 0.1) is 5.92 Å². The molecule has 8 nitrogen and oxygen atoms in total. The summed E-state index contributed by atoms with van der Waals surface area (Å²) in [5.74, 6) is -0.739. The van der Waals surface area contributed by atoms with Crippen molar-refractivity contribution >= 4 is 40.6 Å². The van der Waals surface area contributed by atoms with E-state index in [9.17, 15) is 9.59 Å². The Balaban J connectivity index is 1.98. The maximum absolute atomic E-state index is 13.2. The molecule has 182 valence electrons. The molecule has 0 aliphatic carbocycles. The van der Waals surface area contributed by atoms with E-state index in [1.165, 1.54) is 4.57 Å². The SMILES string of the molecule is CCOC(=O)C1C(C)=Nc2c(c(Nc3ccc(Cl)cc3)nc(=O)n2CCOC)C1c1ccccc1. The Labute approximate surface area is 208 Å². The fraction of sp³-hybridized carbons (Fsp3) is 0.308. The van der Waals surface area contributed by atoms with Gasteiger partial charge in [0, 0.05) is 35.0 Å². The Morgan fingerprint density at radius 2 is 1.86 bits per heavy atom. The molecule has 1 aliphatic rings. The molecule has 1 N–H and O–H groups in total. The summed E-state index contributed by atoms with van der Waals surface area (Å²) >= 11 is 6.05. The normalized spacial score (nSPS) is 16.9. The summed E-state index contributed by atoms with van der Waals surface area (Å²) in [6.45, 7) is 4.39. The topological polar surface area (TPSA) is 94.8 Å². The summed E-state index contributed by atoms with van der Waals surface area (Å²) < 4.78 is 12.2. The van der Waals surface area contributed by atoms with E-state index in [0.717, 1.165) is 5.56 Å². The summed E-state index contributed by atoms with van der Waals surface area (Å²) in [7, 11) is 1.57. The van der Waals surface area contributed by atoms with Crippen LogP contribution in [0.2, 0.25) is 5.02 Å². The molecule has 0 saturated heterocycles. The lowest BCUT2D eigenvalue weighted by Gasteiger charge is -2.33. The number of fused-ring (bicyclic) bond motifs is 1. The van der Waals surface area contributed by atoms with E-state index in [0.29, 0.717) is 40.2 Å². The van der Waals surface area contributed by atoms with Crippen LogP contribution in [0.4, 0.5) is 17.3 Å². The van der Waals surface area contributed by atoms with Gasteiger partial charge in [-0.1, -0.05) is 41.9 Å². The Morgan fingerprint density at radius 1 is 1.14 bits per heavy atom. The molecular formula is C26H27ClN4O4. The summed E-state index contributed by atoms with van der Waals surface area (Å²) in [5, 5.41) is 3.84. The number of ether oxygens (including phenoxy) is 2. The Kier molecular flexibility index (Phi) is 7.63. The van der Waals surface area contributed by atoms with Gasteiger partial charge in [0.1, 0.15) is 17.6 Å². The van der Waals surface area contributed by atoms with Crippen LogP contribution in [-0.2, 0) is 20.8 Å². The lowest BCUT2D eigenvalue weighted by atomic mass is 9.76. The first-order valence-corrected chi connectivity index (χ1v) is 11.7. The van der Waals surface area contributed by atoms with Crippen molar-refractivity contribution in [1.29, 1.82) is 0 Å². The highest BCUT2D eigenvalue weighted by Gasteiger charge is 2.41. The van der Waals surface area contributed by atoms with Gasteiger partial charge >= 0.3 is 11.7 Å². The number of nitrogens with zero attached hydrogens (tertiary/aromatic N) is 3. The van der Waals surface area contributed by atoms with Gasteiger partial charge in [0.25, 0.3) is 0 Å². The second-order valence-corrected chi connectivity index (χ2v) is 8.56. The van der Waals surface area contributed by atoms with Gasteiger partial charge in [0.05, 0.1) is 19.8 Å². The molecule has 0 fully saturated rings. The lowest BCUT2D eigenvalue weighted by Crippen LogP contribution is -2.37. The first kappa shape index (κ1) is 24.6. The van der Waals surface area contributed by atoms with E-state index in [2.05, 4.69) is 10.3 Å². The van der Waals surface area contributed by atoms with Crippen molar-refractivity contribution in [2.24, 2.45) is 10.9 Å². The molecule has 0 amide bonds. The maximum atomic E-state index is 13.2. The van der Waals surface area contributed by atoms with Crippen LogP contribution in [0.1, 0.15) is 30.9 Å². The molecule has 1 aliphatic heterocycles. The van der Waals surface area contributed by atoms with E-state index in [1.54, 1.807) is 45.2 Å². The summed E-state index contributed by atoms with van der Waals surface area (Å²) in [5.41, 5.74) is 2.34. The number of rotatable bonds is 8. The van der Waals surface area contributed by atoms with E-state index in [1.807, 2.05) is 30.3 Å². The van der Waals surface area contributed by atoms with Crippen molar-refractivity contribution in [3.05, 3.63) is 81.2 Å². The number of halogens is 1. The van der Waals surface area contributed by atoms with Gasteiger partial charge in [0.15, 0.2) is 0 Å². The van der Waals surface area contributed by atoms with Crippen LogP contribution in [-0.4, -0.2) is 41.6 Å². The zero-order chi connectivity index (χ0) is 24.9. The zero-order valence-corrected chi connectivity index (χ0v) is 20.6. The van der Waals surface area contributed by atoms with Gasteiger partial charge in [-0.15, -0.1) is 0 Å². The van der Waals surface area contributed by atoms with Gasteiger partial charge < -0.3 is 14.8 Å². The van der Waals surface area contributed by atoms with Crippen LogP contribution >= 0.6 is 11.6 Å². The molecule has 0 saturated carbocycles. The van der Waals surface area contributed by atoms with E-state index in [-0.39, 0.29) is 19.1 Å². The van der Waals surface area contributed by atoms with Gasteiger partial charge in [-0.3, -0.25) is 9.36 Å². The van der Waals surface area contributed by atoms with Crippen molar-refractivity contribution in [1.82, 2.24) is 9.55 Å². The van der Waals surface area contributed by atoms with Crippen molar-refractivity contribution in [2.45, 2.75) is 26.3 Å². The molecule has 0 bridgehead atoms. The molecule has 9 heteroatoms. The first-order chi connectivity index (χ1) is 16.9. The van der Waals surface area contributed by atoms with Gasteiger partial charge in [-0.25, -0.2) is 9.79 Å². The molecule has 3 aromatic rings. The number of aromatic nitrogens is 2. The summed E-state index contributed by atoms with van der Waals surface area (Å²) in [4.78, 5) is 35.4. The summed E-state index contributed by atoms with van der Waals surface area (Å²) in [6.07, 6.45) is 0. The molecule has 2 unspecified atom stereocenters. The predicted octanol–water partition coefficient (Wildman–Crippen LogP) is 4.70. The quantitative estimate of drug-likeness (QED) is 0.456. The highest BCUT2D eigenvalue weighted by molar-refractivity contribution is 6.30. The predicted molar refractivity (Wildman–Crippen MR) is 136 cm³/mol. The molecule has 4 rings (SSSR count). The fourth-order valence-corrected chi connectivity index (χ4v) is 4.44. The minimum absolute atomic E-state index is 0.248. The zero-order valence-electron chi connectivity index (χ0n) is 19.8. The number of methoxy groups -OCH3 is 1. The molecule has 1 aromatic heterocycles. The number of aliphatic imine (C=N–C) groups is 1. The fourth-order valence-electron chi connectivity index (χ4n) is 4.32. The Hall–Kier alpha value is -3.49. The third-order valence-corrected chi connectivity index (χ3v) is 6.14. The van der Waals surface area contributed by atoms with Gasteiger partial charge in [-0.2, -0.15) is 4.98 Å². The highest BCUT2D eigenvalue weighted by Crippen LogP contribution is 2.45. The molecular weight excluding hydrogens is 468 g/mol. The number of carbonyl (C=O) groups is 1. The Morgan fingerprint density at radius 3 is 2.51 bits per heavy atom. The molecule has 2 heterocycles. The number of carbonyl (C=O) groups excluding carboxylic acids is 1. The summed E-state index contributed by atoms with van der Waals surface area (Å²) in [6, 6.07) is 16.7. The third kappa shape index (κ3) is 5.13. The number of nitrogens with one attached hydrogen (secondary N) is 1. The van der Waals surface area contributed by atoms with E-state index < -0.39 is 17.5 Å². The monoisotopic (exact) mass is 494 g/mol. The Bertz CT molecular complexity index is 1290. The van der Waals surface area contributed by atoms with Crippen LogP contribution in [0.5, 0.6) is 0 Å². The molecule has 35 heavy (non-hydrogen) atoms. The van der Waals surface area contributed by atoms with Gasteiger partial charge in [0.2, 0.25) is 0 Å². The number of esters is 1. The number of hydrogen-bond acceptors (Lipinski definition) is 7. The van der Waals surface area contributed by atoms with Crippen LogP contribution < -0.4 is 11.0 Å². The van der Waals surface area contributed by atoms with Crippen LogP contribution in [0.15, 0.2) is 64.4 Å². The van der Waals surface area contributed by atoms with Crippen molar-refractivity contribution < 1.29 is 14.3 Å². The molecule has 2 aromatic carbocycles. The van der Waals surface area contributed by atoms with Crippen molar-refractivity contribution in [3.63, 3.8) is 0 Å². The van der Waals surface area contributed by atoms with E-state index >= 15 is 0 Å². The number of anilines is 2. The van der Waals surface area contributed by atoms with E-state index in [4.69, 9.17) is 26.1 Å². The molecule has 2 atom stereocenters. The van der Waals surface area contributed by atoms with Crippen LogP contribution in [0.25, 0.3) is 0 Å². The standard InChI is InChI=1S/C26H27ClN4O4/c1-4-35-25(32)20-16(2)28-24-22(21(20)17-8-6-5-7-9-17)23(29-19-12-10-18(27)11-13-19)30-26(33)31(24)14-15-34-3/h5-13,20-21H,4,14-15H2,1-3H3,(H,29,30,33). The minimum Gasteiger partial charge on any atom is -0.465 e. The van der Waals surface area contributed by atoms with Crippen molar-refractivity contribution in [3.8, 4) is 0 Å². The molecule has 0 radical (unpaired) electrons.